The average molecular weight is 386 g/mol. The van der Waals surface area contributed by atoms with E-state index in [2.05, 4.69) is 15.4 Å². The molecule has 6 heteroatoms. The van der Waals surface area contributed by atoms with Crippen molar-refractivity contribution in [2.75, 3.05) is 5.32 Å². The number of nitrogens with zero attached hydrogens (tertiary/aromatic N) is 3. The van der Waals surface area contributed by atoms with E-state index in [1.54, 1.807) is 23.1 Å². The molecular formula is C23H22N4O2. The molecule has 2 aromatic heterocycles. The van der Waals surface area contributed by atoms with Gasteiger partial charge in [-0.25, -0.2) is 9.67 Å². The third-order valence-electron chi connectivity index (χ3n) is 4.61. The molecule has 6 nitrogen and oxygen atoms in total. The van der Waals surface area contributed by atoms with Crippen molar-refractivity contribution in [3.63, 3.8) is 0 Å². The second-order valence-corrected chi connectivity index (χ2v) is 6.89. The van der Waals surface area contributed by atoms with Crippen molar-refractivity contribution in [3.05, 3.63) is 90.1 Å². The van der Waals surface area contributed by atoms with Gasteiger partial charge in [-0.3, -0.25) is 4.79 Å². The van der Waals surface area contributed by atoms with Gasteiger partial charge in [-0.15, -0.1) is 0 Å². The maximum Gasteiger partial charge on any atom is 0.226 e. The van der Waals surface area contributed by atoms with Crippen LogP contribution in [0.15, 0.2) is 77.5 Å². The Morgan fingerprint density at radius 2 is 1.86 bits per heavy atom. The second-order valence-electron chi connectivity index (χ2n) is 6.89. The molecule has 0 saturated carbocycles. The molecule has 0 spiro atoms. The Morgan fingerprint density at radius 1 is 1.07 bits per heavy atom. The summed E-state index contributed by atoms with van der Waals surface area (Å²) in [5.74, 6) is 1.83. The van der Waals surface area contributed by atoms with E-state index >= 15 is 0 Å². The highest BCUT2D eigenvalue weighted by Crippen LogP contribution is 2.21. The largest absolute Gasteiger partial charge is 0.441 e. The molecule has 0 atom stereocenters. The van der Waals surface area contributed by atoms with Crippen molar-refractivity contribution in [3.8, 4) is 11.3 Å². The van der Waals surface area contributed by atoms with Gasteiger partial charge in [-0.2, -0.15) is 5.10 Å². The fraction of sp³-hybridized carbons (Fsp3) is 0.174. The Hall–Kier alpha value is -3.67. The Balaban J connectivity index is 1.33. The third-order valence-corrected chi connectivity index (χ3v) is 4.61. The number of benzene rings is 2. The van der Waals surface area contributed by atoms with Crippen LogP contribution in [0, 0.1) is 6.92 Å². The van der Waals surface area contributed by atoms with Gasteiger partial charge in [0.05, 0.1) is 18.9 Å². The maximum atomic E-state index is 12.4. The van der Waals surface area contributed by atoms with E-state index in [0.29, 0.717) is 30.4 Å². The number of hydrogen-bond donors (Lipinski definition) is 1. The first-order chi connectivity index (χ1) is 14.2. The predicted octanol–water partition coefficient (Wildman–Crippen LogP) is 4.47. The minimum Gasteiger partial charge on any atom is -0.441 e. The lowest BCUT2D eigenvalue weighted by atomic mass is 10.1. The van der Waals surface area contributed by atoms with Crippen molar-refractivity contribution in [2.24, 2.45) is 0 Å². The summed E-state index contributed by atoms with van der Waals surface area (Å²) in [7, 11) is 0. The fourth-order valence-corrected chi connectivity index (χ4v) is 3.02. The lowest BCUT2D eigenvalue weighted by Gasteiger charge is -2.08. The van der Waals surface area contributed by atoms with Crippen LogP contribution in [0.5, 0.6) is 0 Å². The molecular weight excluding hydrogens is 364 g/mol. The normalized spacial score (nSPS) is 10.8. The minimum atomic E-state index is -0.102. The molecule has 0 aliphatic heterocycles. The van der Waals surface area contributed by atoms with Crippen molar-refractivity contribution < 1.29 is 9.21 Å². The molecule has 1 N–H and O–H groups in total. The summed E-state index contributed by atoms with van der Waals surface area (Å²) in [4.78, 5) is 16.7. The first kappa shape index (κ1) is 18.7. The number of nitrogens with one attached hydrogen (secondary N) is 1. The van der Waals surface area contributed by atoms with E-state index in [1.165, 1.54) is 5.56 Å². The van der Waals surface area contributed by atoms with Crippen LogP contribution < -0.4 is 5.32 Å². The van der Waals surface area contributed by atoms with Crippen LogP contribution in [-0.4, -0.2) is 20.7 Å². The fourth-order valence-electron chi connectivity index (χ4n) is 3.02. The second kappa shape index (κ2) is 8.56. The minimum absolute atomic E-state index is 0.102. The van der Waals surface area contributed by atoms with E-state index in [0.717, 1.165) is 11.1 Å². The van der Waals surface area contributed by atoms with Gasteiger partial charge < -0.3 is 9.73 Å². The van der Waals surface area contributed by atoms with Gasteiger partial charge in [0.25, 0.3) is 0 Å². The summed E-state index contributed by atoms with van der Waals surface area (Å²) >= 11 is 0. The first-order valence-corrected chi connectivity index (χ1v) is 9.55. The summed E-state index contributed by atoms with van der Waals surface area (Å²) < 4.78 is 7.56. The van der Waals surface area contributed by atoms with Gasteiger partial charge in [-0.05, 0) is 12.5 Å². The lowest BCUT2D eigenvalue weighted by molar-refractivity contribution is -0.116. The zero-order valence-corrected chi connectivity index (χ0v) is 16.2. The molecule has 0 unspecified atom stereocenters. The van der Waals surface area contributed by atoms with Crippen LogP contribution in [0.2, 0.25) is 0 Å². The lowest BCUT2D eigenvalue weighted by Crippen LogP contribution is -2.16. The van der Waals surface area contributed by atoms with Gasteiger partial charge in [0, 0.05) is 24.5 Å². The molecule has 146 valence electrons. The van der Waals surface area contributed by atoms with Crippen LogP contribution in [-0.2, 0) is 17.8 Å². The standard InChI is InChI=1S/C23H22N4O2/c1-17-7-9-19(10-8-17)20-15-24-23(29-20)12-11-22(28)26-21-13-14-25-27(21)16-18-5-3-2-4-6-18/h2-10,13-15H,11-12,16H2,1H3,(H,26,28). The molecule has 4 aromatic rings. The summed E-state index contributed by atoms with van der Waals surface area (Å²) in [6.45, 7) is 2.64. The Morgan fingerprint density at radius 3 is 2.66 bits per heavy atom. The van der Waals surface area contributed by atoms with Crippen LogP contribution in [0.25, 0.3) is 11.3 Å². The highest BCUT2D eigenvalue weighted by Gasteiger charge is 2.11. The number of hydrogen-bond acceptors (Lipinski definition) is 4. The summed E-state index contributed by atoms with van der Waals surface area (Å²) in [6.07, 6.45) is 4.10. The SMILES string of the molecule is Cc1ccc(-c2cnc(CCC(=O)Nc3ccnn3Cc3ccccc3)o2)cc1. The maximum absolute atomic E-state index is 12.4. The van der Waals surface area contributed by atoms with Gasteiger partial charge >= 0.3 is 0 Å². The van der Waals surface area contributed by atoms with Gasteiger partial charge in [0.15, 0.2) is 11.7 Å². The van der Waals surface area contributed by atoms with E-state index in [9.17, 15) is 4.79 Å². The number of oxazole rings is 1. The number of carbonyl (C=O) groups is 1. The monoisotopic (exact) mass is 386 g/mol. The molecule has 0 radical (unpaired) electrons. The molecule has 1 amide bonds. The highest BCUT2D eigenvalue weighted by atomic mass is 16.4. The van der Waals surface area contributed by atoms with E-state index in [4.69, 9.17) is 4.42 Å². The Labute approximate surface area is 169 Å². The van der Waals surface area contributed by atoms with Crippen LogP contribution >= 0.6 is 0 Å². The van der Waals surface area contributed by atoms with Gasteiger partial charge in [0.2, 0.25) is 5.91 Å². The summed E-state index contributed by atoms with van der Waals surface area (Å²) in [5.41, 5.74) is 3.29. The van der Waals surface area contributed by atoms with Crippen LogP contribution in [0.4, 0.5) is 5.82 Å². The zero-order valence-electron chi connectivity index (χ0n) is 16.2. The molecule has 29 heavy (non-hydrogen) atoms. The van der Waals surface area contributed by atoms with E-state index < -0.39 is 0 Å². The van der Waals surface area contributed by atoms with Crippen LogP contribution in [0.3, 0.4) is 0 Å². The molecule has 0 fully saturated rings. The van der Waals surface area contributed by atoms with Gasteiger partial charge in [-0.1, -0.05) is 60.2 Å². The first-order valence-electron chi connectivity index (χ1n) is 9.55. The average Bonchev–Trinajstić information content (AvgIpc) is 3.38. The smallest absolute Gasteiger partial charge is 0.226 e. The number of carbonyl (C=O) groups excluding carboxylic acids is 1. The zero-order chi connectivity index (χ0) is 20.1. The van der Waals surface area contributed by atoms with Crippen molar-refractivity contribution >= 4 is 11.7 Å². The molecule has 2 heterocycles. The number of amides is 1. The number of aryl methyl sites for hydroxylation is 2. The molecule has 0 aliphatic rings. The Bertz CT molecular complexity index is 1080. The van der Waals surface area contributed by atoms with Crippen molar-refractivity contribution in [1.29, 1.82) is 0 Å². The molecule has 4 rings (SSSR count). The molecule has 0 saturated heterocycles. The predicted molar refractivity (Wildman–Crippen MR) is 111 cm³/mol. The quantitative estimate of drug-likeness (QED) is 0.509. The number of aromatic nitrogens is 3. The molecule has 0 bridgehead atoms. The molecule has 0 aliphatic carbocycles. The van der Waals surface area contributed by atoms with Crippen molar-refractivity contribution in [2.45, 2.75) is 26.3 Å². The van der Waals surface area contributed by atoms with Crippen molar-refractivity contribution in [1.82, 2.24) is 14.8 Å². The third kappa shape index (κ3) is 4.79. The van der Waals surface area contributed by atoms with E-state index in [1.807, 2.05) is 61.5 Å². The Kier molecular flexibility index (Phi) is 5.52. The molecule has 2 aromatic carbocycles. The summed E-state index contributed by atoms with van der Waals surface area (Å²) in [6, 6.07) is 19.9. The topological polar surface area (TPSA) is 73.0 Å². The number of anilines is 1. The van der Waals surface area contributed by atoms with Gasteiger partial charge in [0.1, 0.15) is 5.82 Å². The van der Waals surface area contributed by atoms with Crippen LogP contribution in [0.1, 0.15) is 23.4 Å². The number of rotatable bonds is 7. The van der Waals surface area contributed by atoms with E-state index in [-0.39, 0.29) is 12.3 Å². The highest BCUT2D eigenvalue weighted by molar-refractivity contribution is 5.89. The summed E-state index contributed by atoms with van der Waals surface area (Å²) in [5, 5.41) is 7.21.